The molecule has 9 heteroatoms. The predicted molar refractivity (Wildman–Crippen MR) is 119 cm³/mol. The van der Waals surface area contributed by atoms with E-state index in [1.807, 2.05) is 13.8 Å². The first-order valence-electron chi connectivity index (χ1n) is 10.2. The van der Waals surface area contributed by atoms with Gasteiger partial charge in [0, 0.05) is 30.4 Å². The van der Waals surface area contributed by atoms with Crippen LogP contribution in [0.1, 0.15) is 38.1 Å². The van der Waals surface area contributed by atoms with Crippen molar-refractivity contribution in [1.82, 2.24) is 4.31 Å². The minimum absolute atomic E-state index is 0.0143. The third kappa shape index (κ3) is 4.57. The molecule has 0 fully saturated rings. The van der Waals surface area contributed by atoms with Gasteiger partial charge in [-0.05, 0) is 56.3 Å². The highest BCUT2D eigenvalue weighted by Gasteiger charge is 2.28. The van der Waals surface area contributed by atoms with E-state index < -0.39 is 10.0 Å². The Balaban J connectivity index is 1.80. The number of carbonyl (C=O) groups is 2. The van der Waals surface area contributed by atoms with Gasteiger partial charge in [0.1, 0.15) is 5.75 Å². The molecule has 1 N–H and O–H groups in total. The average molecular weight is 446 g/mol. The molecule has 0 unspecified atom stereocenters. The number of hydrogen-bond acceptors (Lipinski definition) is 5. The Morgan fingerprint density at radius 1 is 1.13 bits per heavy atom. The predicted octanol–water partition coefficient (Wildman–Crippen LogP) is 3.10. The van der Waals surface area contributed by atoms with Crippen LogP contribution in [0.15, 0.2) is 47.4 Å². The van der Waals surface area contributed by atoms with E-state index in [9.17, 15) is 18.0 Å². The molecule has 1 heterocycles. The Kier molecular flexibility index (Phi) is 6.66. The van der Waals surface area contributed by atoms with Crippen LogP contribution in [-0.4, -0.2) is 50.3 Å². The third-order valence-electron chi connectivity index (χ3n) is 5.07. The number of amides is 2. The molecule has 0 radical (unpaired) electrons. The lowest BCUT2D eigenvalue weighted by molar-refractivity contribution is -0.121. The molecule has 2 aromatic carbocycles. The molecule has 0 atom stereocenters. The molecule has 1 aliphatic heterocycles. The fraction of sp³-hybridized carbons (Fsp3) is 0.364. The maximum atomic E-state index is 12.7. The van der Waals surface area contributed by atoms with E-state index in [1.54, 1.807) is 36.9 Å². The summed E-state index contributed by atoms with van der Waals surface area (Å²) < 4.78 is 32.0. The van der Waals surface area contributed by atoms with E-state index in [1.165, 1.54) is 28.6 Å². The van der Waals surface area contributed by atoms with Crippen LogP contribution in [0.25, 0.3) is 0 Å². The molecular weight excluding hydrogens is 418 g/mol. The van der Waals surface area contributed by atoms with Crippen LogP contribution in [0.2, 0.25) is 0 Å². The van der Waals surface area contributed by atoms with Gasteiger partial charge in [-0.2, -0.15) is 4.31 Å². The smallest absolute Gasteiger partial charge is 0.265 e. The van der Waals surface area contributed by atoms with Gasteiger partial charge in [-0.3, -0.25) is 9.59 Å². The monoisotopic (exact) mass is 445 g/mol. The fourth-order valence-electron chi connectivity index (χ4n) is 3.51. The second-order valence-electron chi connectivity index (χ2n) is 7.40. The van der Waals surface area contributed by atoms with Gasteiger partial charge in [0.25, 0.3) is 11.8 Å². The minimum Gasteiger partial charge on any atom is -0.482 e. The number of nitrogens with one attached hydrogen (secondary N) is 1. The summed E-state index contributed by atoms with van der Waals surface area (Å²) in [6.07, 6.45) is 0. The molecule has 166 valence electrons. The molecule has 0 aliphatic carbocycles. The van der Waals surface area contributed by atoms with Gasteiger partial charge in [0.15, 0.2) is 6.61 Å². The normalized spacial score (nSPS) is 13.9. The van der Waals surface area contributed by atoms with Crippen molar-refractivity contribution in [2.24, 2.45) is 0 Å². The van der Waals surface area contributed by atoms with Crippen molar-refractivity contribution < 1.29 is 22.7 Å². The van der Waals surface area contributed by atoms with Gasteiger partial charge in [-0.1, -0.05) is 13.8 Å². The summed E-state index contributed by atoms with van der Waals surface area (Å²) in [6.45, 7) is 8.11. The summed E-state index contributed by atoms with van der Waals surface area (Å²) >= 11 is 0. The van der Waals surface area contributed by atoms with Crippen LogP contribution in [-0.2, 0) is 14.8 Å². The van der Waals surface area contributed by atoms with Gasteiger partial charge in [0.05, 0.1) is 10.6 Å². The Hall–Kier alpha value is -2.91. The maximum Gasteiger partial charge on any atom is 0.265 e. The average Bonchev–Trinajstić information content (AvgIpc) is 2.74. The standard InChI is InChI=1S/C22H27N3O5S/c1-5-24(6-2)31(28,29)18-10-7-16(8-11-18)22(27)23-17-9-12-20-19(13-17)25(15(3)4)21(26)14-30-20/h7-13,15H,5-6,14H2,1-4H3,(H,23,27). The first-order valence-corrected chi connectivity index (χ1v) is 11.6. The number of nitrogens with zero attached hydrogens (tertiary/aromatic N) is 2. The summed E-state index contributed by atoms with van der Waals surface area (Å²) in [7, 11) is -3.58. The fourth-order valence-corrected chi connectivity index (χ4v) is 4.97. The highest BCUT2D eigenvalue weighted by Crippen LogP contribution is 2.35. The van der Waals surface area contributed by atoms with Crippen molar-refractivity contribution in [1.29, 1.82) is 0 Å². The number of fused-ring (bicyclic) bond motifs is 1. The van der Waals surface area contributed by atoms with E-state index in [0.717, 1.165) is 0 Å². The largest absolute Gasteiger partial charge is 0.482 e. The van der Waals surface area contributed by atoms with Crippen molar-refractivity contribution in [3.8, 4) is 5.75 Å². The molecule has 0 saturated heterocycles. The van der Waals surface area contributed by atoms with Crippen molar-refractivity contribution in [3.05, 3.63) is 48.0 Å². The first kappa shape index (κ1) is 22.8. The van der Waals surface area contributed by atoms with Gasteiger partial charge in [0.2, 0.25) is 10.0 Å². The van der Waals surface area contributed by atoms with Gasteiger partial charge in [-0.15, -0.1) is 0 Å². The third-order valence-corrected chi connectivity index (χ3v) is 7.14. The molecular formula is C22H27N3O5S. The number of hydrogen-bond donors (Lipinski definition) is 1. The zero-order chi connectivity index (χ0) is 22.8. The summed E-state index contributed by atoms with van der Waals surface area (Å²) in [4.78, 5) is 26.7. The molecule has 0 bridgehead atoms. The molecule has 31 heavy (non-hydrogen) atoms. The lowest BCUT2D eigenvalue weighted by Gasteiger charge is -2.32. The zero-order valence-electron chi connectivity index (χ0n) is 18.1. The van der Waals surface area contributed by atoms with E-state index in [2.05, 4.69) is 5.32 Å². The van der Waals surface area contributed by atoms with E-state index in [0.29, 0.717) is 35.8 Å². The minimum atomic E-state index is -3.58. The molecule has 0 saturated carbocycles. The van der Waals surface area contributed by atoms with Gasteiger partial charge < -0.3 is 15.0 Å². The summed E-state index contributed by atoms with van der Waals surface area (Å²) in [6, 6.07) is 10.9. The highest BCUT2D eigenvalue weighted by atomic mass is 32.2. The van der Waals surface area contributed by atoms with Crippen LogP contribution in [0.3, 0.4) is 0 Å². The summed E-state index contributed by atoms with van der Waals surface area (Å²) in [5, 5.41) is 2.79. The molecule has 8 nitrogen and oxygen atoms in total. The number of anilines is 2. The lowest BCUT2D eigenvalue weighted by Crippen LogP contribution is -2.43. The van der Waals surface area contributed by atoms with E-state index in [4.69, 9.17) is 4.74 Å². The van der Waals surface area contributed by atoms with Crippen molar-refractivity contribution in [2.75, 3.05) is 29.9 Å². The summed E-state index contributed by atoms with van der Waals surface area (Å²) in [5.74, 6) is 0.0547. The lowest BCUT2D eigenvalue weighted by atomic mass is 10.1. The Bertz CT molecular complexity index is 1080. The van der Waals surface area contributed by atoms with Crippen LogP contribution in [0.5, 0.6) is 5.75 Å². The molecule has 3 rings (SSSR count). The van der Waals surface area contributed by atoms with Crippen molar-refractivity contribution in [2.45, 2.75) is 38.6 Å². The Morgan fingerprint density at radius 3 is 2.35 bits per heavy atom. The first-order chi connectivity index (χ1) is 14.7. The van der Waals surface area contributed by atoms with Crippen LogP contribution >= 0.6 is 0 Å². The van der Waals surface area contributed by atoms with Crippen LogP contribution in [0, 0.1) is 0 Å². The SMILES string of the molecule is CCN(CC)S(=O)(=O)c1ccc(C(=O)Nc2ccc3c(c2)N(C(C)C)C(=O)CO3)cc1. The maximum absolute atomic E-state index is 12.7. The van der Waals surface area contributed by atoms with E-state index in [-0.39, 0.29) is 29.4 Å². The molecule has 0 aromatic heterocycles. The number of rotatable bonds is 7. The Morgan fingerprint density at radius 2 is 1.77 bits per heavy atom. The Labute approximate surface area is 182 Å². The van der Waals surface area contributed by atoms with Gasteiger partial charge in [-0.25, -0.2) is 8.42 Å². The number of sulfonamides is 1. The van der Waals surface area contributed by atoms with Crippen molar-refractivity contribution >= 4 is 33.2 Å². The number of carbonyl (C=O) groups excluding carboxylic acids is 2. The molecule has 2 aromatic rings. The molecule has 2 amide bonds. The topological polar surface area (TPSA) is 96.0 Å². The van der Waals surface area contributed by atoms with E-state index >= 15 is 0 Å². The van der Waals surface area contributed by atoms with Gasteiger partial charge >= 0.3 is 0 Å². The quantitative estimate of drug-likeness (QED) is 0.707. The molecule has 1 aliphatic rings. The van der Waals surface area contributed by atoms with Crippen molar-refractivity contribution in [3.63, 3.8) is 0 Å². The highest BCUT2D eigenvalue weighted by molar-refractivity contribution is 7.89. The summed E-state index contributed by atoms with van der Waals surface area (Å²) in [5.41, 5.74) is 1.43. The van der Waals surface area contributed by atoms with Crippen LogP contribution < -0.4 is 15.0 Å². The second kappa shape index (κ2) is 9.07. The number of ether oxygens (including phenoxy) is 1. The molecule has 0 spiro atoms. The second-order valence-corrected chi connectivity index (χ2v) is 9.33. The van der Waals surface area contributed by atoms with Crippen LogP contribution in [0.4, 0.5) is 11.4 Å². The zero-order valence-corrected chi connectivity index (χ0v) is 18.9. The number of benzene rings is 2.